The Labute approximate surface area is 130 Å². The van der Waals surface area contributed by atoms with E-state index < -0.39 is 0 Å². The molecule has 0 radical (unpaired) electrons. The van der Waals surface area contributed by atoms with Gasteiger partial charge < -0.3 is 10.2 Å². The summed E-state index contributed by atoms with van der Waals surface area (Å²) in [5.74, 6) is 0. The first-order valence-electron chi connectivity index (χ1n) is 8.24. The minimum atomic E-state index is 0.436. The van der Waals surface area contributed by atoms with Crippen LogP contribution in [0.3, 0.4) is 0 Å². The molecule has 0 bridgehead atoms. The number of benzene rings is 1. The molecule has 1 heterocycles. The average molecular weight is 289 g/mol. The Morgan fingerprint density at radius 2 is 2.05 bits per heavy atom. The lowest BCUT2D eigenvalue weighted by atomic mass is 9.98. The second-order valence-corrected chi connectivity index (χ2v) is 6.56. The van der Waals surface area contributed by atoms with Crippen molar-refractivity contribution in [3.63, 3.8) is 0 Å². The predicted molar refractivity (Wildman–Crippen MR) is 90.9 cm³/mol. The molecule has 1 fully saturated rings. The second-order valence-electron chi connectivity index (χ2n) is 6.56. The van der Waals surface area contributed by atoms with Crippen LogP contribution in [0.1, 0.15) is 36.6 Å². The van der Waals surface area contributed by atoms with Crippen LogP contribution in [0.4, 0.5) is 0 Å². The van der Waals surface area contributed by atoms with Gasteiger partial charge in [0, 0.05) is 38.3 Å². The Morgan fingerprint density at radius 1 is 1.29 bits per heavy atom. The molecule has 0 aromatic heterocycles. The Morgan fingerprint density at radius 3 is 2.67 bits per heavy atom. The van der Waals surface area contributed by atoms with Crippen molar-refractivity contribution < 1.29 is 0 Å². The summed E-state index contributed by atoms with van der Waals surface area (Å²) in [4.78, 5) is 5.06. The largest absolute Gasteiger partial charge is 0.309 e. The van der Waals surface area contributed by atoms with Gasteiger partial charge in [0.05, 0.1) is 0 Å². The molecule has 1 saturated heterocycles. The first-order chi connectivity index (χ1) is 10.0. The maximum atomic E-state index is 3.68. The van der Waals surface area contributed by atoms with Crippen molar-refractivity contribution in [1.29, 1.82) is 0 Å². The highest BCUT2D eigenvalue weighted by Gasteiger charge is 2.23. The minimum Gasteiger partial charge on any atom is -0.309 e. The Hall–Kier alpha value is -0.900. The number of nitrogens with one attached hydrogen (secondary N) is 1. The van der Waals surface area contributed by atoms with Crippen LogP contribution >= 0.6 is 0 Å². The molecule has 1 aliphatic heterocycles. The fraction of sp³-hybridized carbons (Fsp3) is 0.667. The van der Waals surface area contributed by atoms with E-state index in [1.165, 1.54) is 36.3 Å². The third-order valence-corrected chi connectivity index (χ3v) is 4.74. The summed E-state index contributed by atoms with van der Waals surface area (Å²) in [6.07, 6.45) is 0. The molecule has 2 atom stereocenters. The van der Waals surface area contributed by atoms with Gasteiger partial charge >= 0.3 is 0 Å². The van der Waals surface area contributed by atoms with Gasteiger partial charge in [-0.05, 0) is 45.5 Å². The van der Waals surface area contributed by atoms with Crippen LogP contribution < -0.4 is 5.32 Å². The molecule has 21 heavy (non-hydrogen) atoms. The van der Waals surface area contributed by atoms with E-state index in [0.717, 1.165) is 13.1 Å². The number of nitrogens with zero attached hydrogens (tertiary/aromatic N) is 2. The molecule has 1 aliphatic rings. The van der Waals surface area contributed by atoms with Gasteiger partial charge in [-0.1, -0.05) is 30.7 Å². The van der Waals surface area contributed by atoms with Crippen LogP contribution in [0.2, 0.25) is 0 Å². The van der Waals surface area contributed by atoms with Gasteiger partial charge in [0.1, 0.15) is 0 Å². The van der Waals surface area contributed by atoms with E-state index >= 15 is 0 Å². The zero-order valence-electron chi connectivity index (χ0n) is 14.3. The van der Waals surface area contributed by atoms with Crippen molar-refractivity contribution in [1.82, 2.24) is 15.1 Å². The fourth-order valence-electron chi connectivity index (χ4n) is 3.28. The van der Waals surface area contributed by atoms with E-state index in [4.69, 9.17) is 0 Å². The summed E-state index contributed by atoms with van der Waals surface area (Å²) < 4.78 is 0. The highest BCUT2D eigenvalue weighted by atomic mass is 15.3. The summed E-state index contributed by atoms with van der Waals surface area (Å²) in [5, 5.41) is 3.68. The van der Waals surface area contributed by atoms with Gasteiger partial charge in [-0.3, -0.25) is 4.90 Å². The van der Waals surface area contributed by atoms with E-state index in [-0.39, 0.29) is 0 Å². The zero-order chi connectivity index (χ0) is 15.4. The highest BCUT2D eigenvalue weighted by molar-refractivity contribution is 5.33. The molecule has 1 N–H and O–H groups in total. The Kier molecular flexibility index (Phi) is 5.80. The molecule has 3 nitrogen and oxygen atoms in total. The number of rotatable bonds is 5. The Bertz CT molecular complexity index is 458. The molecule has 2 unspecified atom stereocenters. The van der Waals surface area contributed by atoms with Crippen molar-refractivity contribution in [2.75, 3.05) is 39.8 Å². The van der Waals surface area contributed by atoms with Crippen molar-refractivity contribution in [2.24, 2.45) is 0 Å². The van der Waals surface area contributed by atoms with E-state index in [2.05, 4.69) is 68.1 Å². The average Bonchev–Trinajstić information content (AvgIpc) is 2.42. The lowest BCUT2D eigenvalue weighted by Gasteiger charge is -2.39. The lowest BCUT2D eigenvalue weighted by molar-refractivity contribution is 0.0970. The highest BCUT2D eigenvalue weighted by Crippen LogP contribution is 2.21. The number of hydrogen-bond acceptors (Lipinski definition) is 3. The van der Waals surface area contributed by atoms with Crippen LogP contribution in [0.25, 0.3) is 0 Å². The van der Waals surface area contributed by atoms with Crippen LogP contribution in [0.5, 0.6) is 0 Å². The lowest BCUT2D eigenvalue weighted by Crippen LogP contribution is -2.51. The topological polar surface area (TPSA) is 18.5 Å². The van der Waals surface area contributed by atoms with Crippen molar-refractivity contribution >= 4 is 0 Å². The summed E-state index contributed by atoms with van der Waals surface area (Å²) in [5.41, 5.74) is 4.21. The second kappa shape index (κ2) is 7.39. The minimum absolute atomic E-state index is 0.436. The monoisotopic (exact) mass is 289 g/mol. The normalized spacial score (nSPS) is 22.4. The molecular formula is C18H31N3. The predicted octanol–water partition coefficient (Wildman–Crippen LogP) is 2.59. The van der Waals surface area contributed by atoms with Crippen LogP contribution in [0.15, 0.2) is 18.2 Å². The number of piperazine rings is 1. The number of likely N-dealkylation sites (N-methyl/N-ethyl adjacent to an activating group) is 2. The maximum absolute atomic E-state index is 3.68. The maximum Gasteiger partial charge on any atom is 0.0451 e. The summed E-state index contributed by atoms with van der Waals surface area (Å²) >= 11 is 0. The molecule has 0 saturated carbocycles. The number of hydrogen-bond donors (Lipinski definition) is 1. The summed E-state index contributed by atoms with van der Waals surface area (Å²) in [6, 6.07) is 7.93. The SMILES string of the molecule is CCNC(CN1CCN(C)C(C)C1)c1ccc(C)cc1C. The zero-order valence-corrected chi connectivity index (χ0v) is 14.3. The fourth-order valence-corrected chi connectivity index (χ4v) is 3.28. The van der Waals surface area contributed by atoms with Crippen LogP contribution in [0, 0.1) is 13.8 Å². The van der Waals surface area contributed by atoms with Gasteiger partial charge in [0.15, 0.2) is 0 Å². The molecule has 0 spiro atoms. The van der Waals surface area contributed by atoms with Crippen molar-refractivity contribution in [3.05, 3.63) is 34.9 Å². The standard InChI is InChI=1S/C18H31N3/c1-6-19-18(17-8-7-14(2)11-15(17)3)13-21-10-9-20(5)16(4)12-21/h7-8,11,16,18-19H,6,9-10,12-13H2,1-5H3. The summed E-state index contributed by atoms with van der Waals surface area (Å²) in [7, 11) is 2.23. The van der Waals surface area contributed by atoms with E-state index in [1.807, 2.05) is 0 Å². The van der Waals surface area contributed by atoms with Crippen LogP contribution in [-0.2, 0) is 0 Å². The van der Waals surface area contributed by atoms with Gasteiger partial charge in [-0.15, -0.1) is 0 Å². The molecule has 2 rings (SSSR count). The molecule has 118 valence electrons. The van der Waals surface area contributed by atoms with E-state index in [0.29, 0.717) is 12.1 Å². The molecule has 3 heteroatoms. The van der Waals surface area contributed by atoms with Crippen molar-refractivity contribution in [3.8, 4) is 0 Å². The molecule has 0 amide bonds. The molecule has 0 aliphatic carbocycles. The van der Waals surface area contributed by atoms with Gasteiger partial charge in [0.25, 0.3) is 0 Å². The smallest absolute Gasteiger partial charge is 0.0451 e. The van der Waals surface area contributed by atoms with Crippen molar-refractivity contribution in [2.45, 2.75) is 39.8 Å². The Balaban J connectivity index is 2.08. The van der Waals surface area contributed by atoms with E-state index in [1.54, 1.807) is 0 Å². The van der Waals surface area contributed by atoms with Gasteiger partial charge in [-0.2, -0.15) is 0 Å². The molecule has 1 aromatic rings. The first kappa shape index (κ1) is 16.5. The third kappa shape index (κ3) is 4.29. The summed E-state index contributed by atoms with van der Waals surface area (Å²) in [6.45, 7) is 14.6. The quantitative estimate of drug-likeness (QED) is 0.899. The third-order valence-electron chi connectivity index (χ3n) is 4.74. The van der Waals surface area contributed by atoms with Gasteiger partial charge in [-0.25, -0.2) is 0 Å². The number of aryl methyl sites for hydroxylation is 2. The molecular weight excluding hydrogens is 258 g/mol. The first-order valence-corrected chi connectivity index (χ1v) is 8.24. The van der Waals surface area contributed by atoms with Gasteiger partial charge in [0.2, 0.25) is 0 Å². The molecule has 1 aromatic carbocycles. The van der Waals surface area contributed by atoms with E-state index in [9.17, 15) is 0 Å². The van der Waals surface area contributed by atoms with Crippen LogP contribution in [-0.4, -0.2) is 55.6 Å².